The fourth-order valence-corrected chi connectivity index (χ4v) is 2.72. The second-order valence-corrected chi connectivity index (χ2v) is 5.73. The molecule has 0 aliphatic rings. The largest absolute Gasteiger partial charge is 0.481 e. The molecule has 1 aromatic carbocycles. The molecule has 112 valence electrons. The first-order chi connectivity index (χ1) is 10.5. The summed E-state index contributed by atoms with van der Waals surface area (Å²) < 4.78 is 1.89. The van der Waals surface area contributed by atoms with Crippen LogP contribution in [0.25, 0.3) is 16.9 Å². The second-order valence-electron chi connectivity index (χ2n) is 5.73. The highest BCUT2D eigenvalue weighted by molar-refractivity contribution is 5.77. The Kier molecular flexibility index (Phi) is 3.45. The van der Waals surface area contributed by atoms with E-state index in [2.05, 4.69) is 17.1 Å². The molecule has 3 aromatic rings. The lowest BCUT2D eigenvalue weighted by Crippen LogP contribution is -2.05. The highest BCUT2D eigenvalue weighted by atomic mass is 16.4. The number of imidazole rings is 1. The van der Waals surface area contributed by atoms with Crippen LogP contribution in [-0.2, 0) is 11.2 Å². The van der Waals surface area contributed by atoms with Crippen LogP contribution in [0.1, 0.15) is 22.4 Å². The molecule has 4 nitrogen and oxygen atoms in total. The number of benzene rings is 1. The second kappa shape index (κ2) is 5.30. The number of carboxylic acid groups (broad SMARTS) is 1. The summed E-state index contributed by atoms with van der Waals surface area (Å²) in [4.78, 5) is 16.0. The molecule has 2 heterocycles. The molecule has 1 N–H and O–H groups in total. The van der Waals surface area contributed by atoms with E-state index in [1.54, 1.807) is 0 Å². The van der Waals surface area contributed by atoms with Crippen LogP contribution >= 0.6 is 0 Å². The smallest absolute Gasteiger partial charge is 0.309 e. The zero-order valence-corrected chi connectivity index (χ0v) is 12.9. The normalized spacial score (nSPS) is 11.0. The lowest BCUT2D eigenvalue weighted by Gasteiger charge is -2.07. The van der Waals surface area contributed by atoms with Crippen LogP contribution in [0.4, 0.5) is 0 Å². The van der Waals surface area contributed by atoms with E-state index in [9.17, 15) is 9.90 Å². The zero-order valence-electron chi connectivity index (χ0n) is 12.9. The number of fused-ring (bicyclic) bond motifs is 1. The molecule has 0 saturated heterocycles. The summed E-state index contributed by atoms with van der Waals surface area (Å²) in [6, 6.07) is 10.1. The van der Waals surface area contributed by atoms with Crippen LogP contribution in [0.5, 0.6) is 0 Å². The Balaban J connectivity index is 2.32. The number of rotatable bonds is 3. The first-order valence-corrected chi connectivity index (χ1v) is 7.22. The summed E-state index contributed by atoms with van der Waals surface area (Å²) in [5.74, 6) is -0.852. The summed E-state index contributed by atoms with van der Waals surface area (Å²) in [6.07, 6.45) is 1.89. The average molecular weight is 294 g/mol. The van der Waals surface area contributed by atoms with E-state index in [1.165, 1.54) is 0 Å². The van der Waals surface area contributed by atoms with Gasteiger partial charge < -0.3 is 9.51 Å². The van der Waals surface area contributed by atoms with Crippen molar-refractivity contribution in [3.8, 4) is 11.3 Å². The Labute approximate surface area is 129 Å². The summed E-state index contributed by atoms with van der Waals surface area (Å²) in [5.41, 5.74) is 6.56. The molecule has 0 saturated carbocycles. The number of carboxylic acids is 1. The number of hydrogen-bond donors (Lipinski definition) is 1. The van der Waals surface area contributed by atoms with E-state index in [0.29, 0.717) is 0 Å². The summed E-state index contributed by atoms with van der Waals surface area (Å²) in [7, 11) is 0. The number of aryl methyl sites for hydroxylation is 3. The molecule has 3 rings (SSSR count). The van der Waals surface area contributed by atoms with E-state index in [0.717, 1.165) is 39.3 Å². The van der Waals surface area contributed by atoms with Crippen molar-refractivity contribution in [2.45, 2.75) is 27.2 Å². The predicted octanol–water partition coefficient (Wildman–Crippen LogP) is 3.55. The Morgan fingerprint density at radius 3 is 2.59 bits per heavy atom. The maximum absolute atomic E-state index is 11.3. The molecule has 0 aliphatic heterocycles. The third kappa shape index (κ3) is 2.48. The third-order valence-electron chi connectivity index (χ3n) is 3.83. The molecule has 0 unspecified atom stereocenters. The zero-order chi connectivity index (χ0) is 15.9. The van der Waals surface area contributed by atoms with Crippen molar-refractivity contribution < 1.29 is 9.90 Å². The van der Waals surface area contributed by atoms with Gasteiger partial charge in [0.1, 0.15) is 5.65 Å². The fourth-order valence-electron chi connectivity index (χ4n) is 2.72. The number of carbonyl (C=O) groups is 1. The third-order valence-corrected chi connectivity index (χ3v) is 3.83. The summed E-state index contributed by atoms with van der Waals surface area (Å²) in [6.45, 7) is 6.04. The number of nitrogens with zero attached hydrogens (tertiary/aromatic N) is 2. The number of aliphatic carboxylic acids is 1. The van der Waals surface area contributed by atoms with Gasteiger partial charge in [0.15, 0.2) is 0 Å². The fraction of sp³-hybridized carbons (Fsp3) is 0.222. The topological polar surface area (TPSA) is 54.6 Å². The van der Waals surface area contributed by atoms with E-state index in [4.69, 9.17) is 0 Å². The molecule has 0 fully saturated rings. The maximum atomic E-state index is 11.3. The Morgan fingerprint density at radius 2 is 1.86 bits per heavy atom. The molecule has 0 atom stereocenters. The van der Waals surface area contributed by atoms with Gasteiger partial charge in [0.05, 0.1) is 17.8 Å². The molecule has 0 spiro atoms. The molecule has 0 radical (unpaired) electrons. The summed E-state index contributed by atoms with van der Waals surface area (Å²) >= 11 is 0. The number of pyridine rings is 1. The van der Waals surface area contributed by atoms with Gasteiger partial charge in [-0.2, -0.15) is 0 Å². The van der Waals surface area contributed by atoms with Gasteiger partial charge in [0.2, 0.25) is 0 Å². The van der Waals surface area contributed by atoms with E-state index in [-0.39, 0.29) is 6.42 Å². The molecular weight excluding hydrogens is 276 g/mol. The molecular formula is C18H18N2O2. The number of hydrogen-bond acceptors (Lipinski definition) is 2. The van der Waals surface area contributed by atoms with Crippen molar-refractivity contribution in [1.29, 1.82) is 0 Å². The van der Waals surface area contributed by atoms with Gasteiger partial charge in [-0.25, -0.2) is 4.98 Å². The maximum Gasteiger partial charge on any atom is 0.309 e. The van der Waals surface area contributed by atoms with Crippen molar-refractivity contribution in [2.75, 3.05) is 0 Å². The minimum atomic E-state index is -0.852. The highest BCUT2D eigenvalue weighted by Gasteiger charge is 2.18. The van der Waals surface area contributed by atoms with E-state index < -0.39 is 5.97 Å². The monoisotopic (exact) mass is 294 g/mol. The Hall–Kier alpha value is -2.62. The van der Waals surface area contributed by atoms with Gasteiger partial charge >= 0.3 is 5.97 Å². The minimum Gasteiger partial charge on any atom is -0.481 e. The molecule has 0 bridgehead atoms. The van der Waals surface area contributed by atoms with Crippen molar-refractivity contribution in [3.63, 3.8) is 0 Å². The molecule has 2 aromatic heterocycles. The first-order valence-electron chi connectivity index (χ1n) is 7.22. The highest BCUT2D eigenvalue weighted by Crippen LogP contribution is 2.29. The van der Waals surface area contributed by atoms with Crippen LogP contribution < -0.4 is 0 Å². The van der Waals surface area contributed by atoms with Gasteiger partial charge in [0.25, 0.3) is 0 Å². The summed E-state index contributed by atoms with van der Waals surface area (Å²) in [5, 5.41) is 9.27. The van der Waals surface area contributed by atoms with Crippen molar-refractivity contribution in [1.82, 2.24) is 9.38 Å². The Bertz CT molecular complexity index is 878. The van der Waals surface area contributed by atoms with Gasteiger partial charge in [-0.15, -0.1) is 0 Å². The lowest BCUT2D eigenvalue weighted by molar-refractivity contribution is -0.136. The van der Waals surface area contributed by atoms with Crippen LogP contribution in [0.2, 0.25) is 0 Å². The standard InChI is InChI=1S/C18H18N2O2/c1-11-4-6-13(3)14(8-11)18-15(9-17(21)22)20-10-12(2)5-7-16(20)19-18/h4-8,10H,9H2,1-3H3,(H,21,22). The van der Waals surface area contributed by atoms with Crippen molar-refractivity contribution in [3.05, 3.63) is 58.9 Å². The van der Waals surface area contributed by atoms with E-state index in [1.807, 2.05) is 49.6 Å². The number of aromatic nitrogens is 2. The van der Waals surface area contributed by atoms with Crippen LogP contribution in [-0.4, -0.2) is 20.5 Å². The molecule has 0 aliphatic carbocycles. The van der Waals surface area contributed by atoms with Gasteiger partial charge in [-0.1, -0.05) is 23.8 Å². The van der Waals surface area contributed by atoms with Crippen LogP contribution in [0.3, 0.4) is 0 Å². The Morgan fingerprint density at radius 1 is 1.14 bits per heavy atom. The average Bonchev–Trinajstić information content (AvgIpc) is 2.79. The lowest BCUT2D eigenvalue weighted by atomic mass is 10.0. The minimum absolute atomic E-state index is 0.0483. The first kappa shape index (κ1) is 14.3. The van der Waals surface area contributed by atoms with Crippen LogP contribution in [0, 0.1) is 20.8 Å². The molecule has 0 amide bonds. The van der Waals surface area contributed by atoms with E-state index >= 15 is 0 Å². The predicted molar refractivity (Wildman–Crippen MR) is 86.2 cm³/mol. The SMILES string of the molecule is Cc1ccc(C)c(-c2nc3ccc(C)cn3c2CC(=O)O)c1. The molecule has 4 heteroatoms. The van der Waals surface area contributed by atoms with Gasteiger partial charge in [-0.05, 0) is 44.0 Å². The van der Waals surface area contributed by atoms with Gasteiger partial charge in [-0.3, -0.25) is 4.79 Å². The quantitative estimate of drug-likeness (QED) is 0.803. The van der Waals surface area contributed by atoms with Crippen molar-refractivity contribution in [2.24, 2.45) is 0 Å². The molecule has 22 heavy (non-hydrogen) atoms. The van der Waals surface area contributed by atoms with Crippen LogP contribution in [0.15, 0.2) is 36.5 Å². The van der Waals surface area contributed by atoms with Crippen molar-refractivity contribution >= 4 is 11.6 Å². The van der Waals surface area contributed by atoms with Gasteiger partial charge in [0, 0.05) is 11.8 Å².